The molecule has 2 aromatic heterocycles. The van der Waals surface area contributed by atoms with Gasteiger partial charge in [-0.2, -0.15) is 11.3 Å². The van der Waals surface area contributed by atoms with Crippen LogP contribution in [0.4, 0.5) is 0 Å². The number of benzene rings is 1. The Morgan fingerprint density at radius 1 is 1.07 bits per heavy atom. The Balaban J connectivity index is 1.41. The molecule has 1 atom stereocenters. The van der Waals surface area contributed by atoms with Gasteiger partial charge in [-0.25, -0.2) is 0 Å². The second kappa shape index (κ2) is 7.37. The zero-order valence-electron chi connectivity index (χ0n) is 15.1. The minimum absolute atomic E-state index is 0.278. The molecule has 0 spiro atoms. The molecule has 2 aliphatic rings. The molecule has 1 aromatic carbocycles. The molecular formula is C21H22N2O3S. The molecule has 0 aliphatic carbocycles. The number of hydrogen-bond acceptors (Lipinski definition) is 6. The maximum absolute atomic E-state index is 5.72. The molecule has 3 aromatic rings. The Bertz CT molecular complexity index is 906. The summed E-state index contributed by atoms with van der Waals surface area (Å²) in [5.41, 5.74) is 3.38. The summed E-state index contributed by atoms with van der Waals surface area (Å²) in [5, 5.41) is 8.83. The number of nitrogens with zero attached hydrogens (tertiary/aromatic N) is 2. The number of ether oxygens (including phenoxy) is 2. The SMILES string of the molecule is c1cc(CN2CCCCC[C@H]2c2cc(-c3ccc4c(c3)OCO4)on2)cs1. The van der Waals surface area contributed by atoms with Gasteiger partial charge >= 0.3 is 0 Å². The molecular weight excluding hydrogens is 360 g/mol. The molecule has 1 fully saturated rings. The number of hydrogen-bond donors (Lipinski definition) is 0. The first kappa shape index (κ1) is 16.8. The standard InChI is InChI=1S/C21H22N2O3S/c1-2-4-18(23(8-3-1)12-15-7-9-27-13-15)17-11-20(26-22-17)16-5-6-19-21(10-16)25-14-24-19/h5-7,9-11,13,18H,1-4,8,12,14H2/t18-/m0/s1. The average Bonchev–Trinajstić information content (AvgIpc) is 3.42. The minimum Gasteiger partial charge on any atom is -0.454 e. The molecule has 0 bridgehead atoms. The third-order valence-electron chi connectivity index (χ3n) is 5.36. The maximum Gasteiger partial charge on any atom is 0.231 e. The molecule has 4 heterocycles. The van der Waals surface area contributed by atoms with Gasteiger partial charge in [0.1, 0.15) is 5.69 Å². The van der Waals surface area contributed by atoms with Crippen LogP contribution in [0.1, 0.15) is 43.0 Å². The van der Waals surface area contributed by atoms with Crippen molar-refractivity contribution in [1.82, 2.24) is 10.1 Å². The van der Waals surface area contributed by atoms with Crippen LogP contribution in [0.3, 0.4) is 0 Å². The van der Waals surface area contributed by atoms with Crippen molar-refractivity contribution in [3.05, 3.63) is 52.3 Å². The summed E-state index contributed by atoms with van der Waals surface area (Å²) in [6.07, 6.45) is 4.88. The van der Waals surface area contributed by atoms with Crippen molar-refractivity contribution in [1.29, 1.82) is 0 Å². The van der Waals surface area contributed by atoms with Crippen molar-refractivity contribution in [2.45, 2.75) is 38.3 Å². The van der Waals surface area contributed by atoms with Crippen LogP contribution >= 0.6 is 11.3 Å². The van der Waals surface area contributed by atoms with Crippen molar-refractivity contribution >= 4 is 11.3 Å². The van der Waals surface area contributed by atoms with Crippen molar-refractivity contribution in [3.63, 3.8) is 0 Å². The Labute approximate surface area is 162 Å². The summed E-state index contributed by atoms with van der Waals surface area (Å²) in [5.74, 6) is 2.33. The lowest BCUT2D eigenvalue weighted by Gasteiger charge is -2.28. The van der Waals surface area contributed by atoms with Gasteiger partial charge in [0.25, 0.3) is 0 Å². The van der Waals surface area contributed by atoms with Crippen LogP contribution in [0.5, 0.6) is 11.5 Å². The van der Waals surface area contributed by atoms with E-state index in [1.165, 1.54) is 24.8 Å². The molecule has 140 valence electrons. The van der Waals surface area contributed by atoms with E-state index < -0.39 is 0 Å². The first-order valence-electron chi connectivity index (χ1n) is 9.48. The topological polar surface area (TPSA) is 47.7 Å². The predicted molar refractivity (Wildman–Crippen MR) is 104 cm³/mol. The Kier molecular flexibility index (Phi) is 4.59. The van der Waals surface area contributed by atoms with Crippen LogP contribution in [0.25, 0.3) is 11.3 Å². The number of aromatic nitrogens is 1. The van der Waals surface area contributed by atoms with Crippen molar-refractivity contribution in [3.8, 4) is 22.8 Å². The van der Waals surface area contributed by atoms with E-state index in [2.05, 4.69) is 32.9 Å². The van der Waals surface area contributed by atoms with E-state index in [0.29, 0.717) is 6.04 Å². The van der Waals surface area contributed by atoms with Crippen LogP contribution in [0.2, 0.25) is 0 Å². The highest BCUT2D eigenvalue weighted by Gasteiger charge is 2.26. The van der Waals surface area contributed by atoms with Gasteiger partial charge in [-0.3, -0.25) is 4.90 Å². The minimum atomic E-state index is 0.278. The third kappa shape index (κ3) is 3.47. The lowest BCUT2D eigenvalue weighted by atomic mass is 10.0. The van der Waals surface area contributed by atoms with Crippen molar-refractivity contribution in [2.75, 3.05) is 13.3 Å². The van der Waals surface area contributed by atoms with Crippen LogP contribution in [0.15, 0.2) is 45.6 Å². The van der Waals surface area contributed by atoms with Crippen molar-refractivity contribution < 1.29 is 14.0 Å². The summed E-state index contributed by atoms with van der Waals surface area (Å²) in [7, 11) is 0. The van der Waals surface area contributed by atoms with Gasteiger partial charge in [0.05, 0.1) is 6.04 Å². The fourth-order valence-corrected chi connectivity index (χ4v) is 4.60. The zero-order chi connectivity index (χ0) is 18.1. The van der Waals surface area contributed by atoms with Gasteiger partial charge in [0.15, 0.2) is 17.3 Å². The molecule has 0 radical (unpaired) electrons. The van der Waals surface area contributed by atoms with Gasteiger partial charge in [-0.1, -0.05) is 18.0 Å². The summed E-state index contributed by atoms with van der Waals surface area (Å²) in [6.45, 7) is 2.35. The molecule has 5 nitrogen and oxygen atoms in total. The van der Waals surface area contributed by atoms with E-state index in [9.17, 15) is 0 Å². The molecule has 1 saturated heterocycles. The molecule has 0 amide bonds. The normalized spacial score (nSPS) is 19.9. The van der Waals surface area contributed by atoms with E-state index in [1.807, 2.05) is 18.2 Å². The largest absolute Gasteiger partial charge is 0.454 e. The molecule has 2 aliphatic heterocycles. The molecule has 0 unspecified atom stereocenters. The molecule has 5 rings (SSSR count). The number of fused-ring (bicyclic) bond motifs is 1. The summed E-state index contributed by atoms with van der Waals surface area (Å²) >= 11 is 1.76. The first-order chi connectivity index (χ1) is 13.4. The number of thiophene rings is 1. The van der Waals surface area contributed by atoms with E-state index in [0.717, 1.165) is 48.0 Å². The van der Waals surface area contributed by atoms with E-state index in [4.69, 9.17) is 14.0 Å². The van der Waals surface area contributed by atoms with Crippen LogP contribution < -0.4 is 9.47 Å². The monoisotopic (exact) mass is 382 g/mol. The summed E-state index contributed by atoms with van der Waals surface area (Å²) in [4.78, 5) is 2.55. The smallest absolute Gasteiger partial charge is 0.231 e. The van der Waals surface area contributed by atoms with E-state index in [1.54, 1.807) is 11.3 Å². The molecule has 27 heavy (non-hydrogen) atoms. The van der Waals surface area contributed by atoms with Crippen LogP contribution in [0, 0.1) is 0 Å². The molecule has 0 N–H and O–H groups in total. The molecule has 0 saturated carbocycles. The second-order valence-electron chi connectivity index (χ2n) is 7.15. The first-order valence-corrected chi connectivity index (χ1v) is 10.4. The van der Waals surface area contributed by atoms with Crippen LogP contribution in [-0.4, -0.2) is 23.4 Å². The van der Waals surface area contributed by atoms with Crippen molar-refractivity contribution in [2.24, 2.45) is 0 Å². The summed E-state index contributed by atoms with van der Waals surface area (Å²) in [6, 6.07) is 10.5. The highest BCUT2D eigenvalue weighted by Crippen LogP contribution is 2.38. The number of likely N-dealkylation sites (tertiary alicyclic amines) is 1. The van der Waals surface area contributed by atoms with Crippen LogP contribution in [-0.2, 0) is 6.54 Å². The average molecular weight is 382 g/mol. The molecule has 6 heteroatoms. The summed E-state index contributed by atoms with van der Waals surface area (Å²) < 4.78 is 16.6. The van der Waals surface area contributed by atoms with E-state index >= 15 is 0 Å². The fourth-order valence-electron chi connectivity index (χ4n) is 3.94. The van der Waals surface area contributed by atoms with Gasteiger partial charge in [-0.15, -0.1) is 0 Å². The van der Waals surface area contributed by atoms with E-state index in [-0.39, 0.29) is 6.79 Å². The van der Waals surface area contributed by atoms with Gasteiger partial charge in [-0.05, 0) is 60.0 Å². The third-order valence-corrected chi connectivity index (χ3v) is 6.09. The lowest BCUT2D eigenvalue weighted by Crippen LogP contribution is -2.28. The number of rotatable bonds is 4. The highest BCUT2D eigenvalue weighted by molar-refractivity contribution is 7.07. The Morgan fingerprint density at radius 3 is 2.96 bits per heavy atom. The van der Waals surface area contributed by atoms with Gasteiger partial charge in [0, 0.05) is 18.2 Å². The second-order valence-corrected chi connectivity index (χ2v) is 7.93. The van der Waals surface area contributed by atoms with Gasteiger partial charge < -0.3 is 14.0 Å². The Hall–Kier alpha value is -2.31. The predicted octanol–water partition coefficient (Wildman–Crippen LogP) is 5.25. The Morgan fingerprint density at radius 2 is 2.04 bits per heavy atom. The zero-order valence-corrected chi connectivity index (χ0v) is 15.9. The highest BCUT2D eigenvalue weighted by atomic mass is 32.1. The quantitative estimate of drug-likeness (QED) is 0.617. The fraction of sp³-hybridized carbons (Fsp3) is 0.381. The lowest BCUT2D eigenvalue weighted by molar-refractivity contribution is 0.174. The van der Waals surface area contributed by atoms with Gasteiger partial charge in [0.2, 0.25) is 6.79 Å². The maximum atomic E-state index is 5.72.